The van der Waals surface area contributed by atoms with Crippen LogP contribution in [0.25, 0.3) is 0 Å². The highest BCUT2D eigenvalue weighted by molar-refractivity contribution is 7.92. The molecule has 1 fully saturated rings. The normalized spacial score (nSPS) is 16.7. The Morgan fingerprint density at radius 1 is 1.28 bits per heavy atom. The van der Waals surface area contributed by atoms with Crippen LogP contribution in [0.3, 0.4) is 0 Å². The van der Waals surface area contributed by atoms with Crippen LogP contribution in [0.2, 0.25) is 5.02 Å². The van der Waals surface area contributed by atoms with E-state index in [0.29, 0.717) is 18.2 Å². The summed E-state index contributed by atoms with van der Waals surface area (Å²) in [6, 6.07) is 5.80. The zero-order valence-corrected chi connectivity index (χ0v) is 16.5. The minimum atomic E-state index is -3.68. The maximum absolute atomic E-state index is 12.3. The Hall–Kier alpha value is -0.860. The number of amides is 1. The summed E-state index contributed by atoms with van der Waals surface area (Å²) >= 11 is 5.76. The summed E-state index contributed by atoms with van der Waals surface area (Å²) in [5, 5.41) is 6.49. The fourth-order valence-electron chi connectivity index (χ4n) is 2.87. The van der Waals surface area contributed by atoms with Crippen molar-refractivity contribution in [1.29, 1.82) is 0 Å². The average molecular weight is 411 g/mol. The van der Waals surface area contributed by atoms with Crippen molar-refractivity contribution >= 4 is 39.8 Å². The van der Waals surface area contributed by atoms with E-state index in [2.05, 4.69) is 10.6 Å². The van der Waals surface area contributed by atoms with Crippen molar-refractivity contribution in [3.05, 3.63) is 29.3 Å². The lowest BCUT2D eigenvalue weighted by atomic mass is 9.79. The second kappa shape index (κ2) is 9.73. The summed E-state index contributed by atoms with van der Waals surface area (Å²) in [6.45, 7) is 2.68. The largest absolute Gasteiger partial charge is 0.384 e. The number of sulfone groups is 1. The number of carbonyl (C=O) groups excluding carboxylic acids is 1. The maximum Gasteiger partial charge on any atom is 0.235 e. The number of carbonyl (C=O) groups is 1. The smallest absolute Gasteiger partial charge is 0.235 e. The van der Waals surface area contributed by atoms with Gasteiger partial charge in [0.25, 0.3) is 0 Å². The molecule has 6 nitrogen and oxygen atoms in total. The first-order valence-electron chi connectivity index (χ1n) is 7.82. The van der Waals surface area contributed by atoms with Gasteiger partial charge in [0, 0.05) is 24.1 Å². The predicted molar refractivity (Wildman–Crippen MR) is 100 cm³/mol. The average Bonchev–Trinajstić information content (AvgIpc) is 2.54. The molecule has 0 spiro atoms. The SMILES string of the molecule is COCC1(CNC(=O)CS(=O)(=O)c2ccc(Cl)cc2)CCNCC1.Cl. The van der Waals surface area contributed by atoms with Crippen LogP contribution in [0.5, 0.6) is 0 Å². The van der Waals surface area contributed by atoms with Gasteiger partial charge in [-0.2, -0.15) is 0 Å². The summed E-state index contributed by atoms with van der Waals surface area (Å²) in [4.78, 5) is 12.2. The highest BCUT2D eigenvalue weighted by Crippen LogP contribution is 2.28. The number of ether oxygens (including phenoxy) is 1. The molecule has 1 aliphatic rings. The highest BCUT2D eigenvalue weighted by Gasteiger charge is 2.33. The van der Waals surface area contributed by atoms with Crippen molar-refractivity contribution in [3.63, 3.8) is 0 Å². The van der Waals surface area contributed by atoms with Gasteiger partial charge < -0.3 is 15.4 Å². The molecule has 2 N–H and O–H groups in total. The Bertz CT molecular complexity index is 654. The molecule has 0 bridgehead atoms. The fourth-order valence-corrected chi connectivity index (χ4v) is 4.16. The van der Waals surface area contributed by atoms with Gasteiger partial charge in [-0.15, -0.1) is 12.4 Å². The van der Waals surface area contributed by atoms with E-state index in [-0.39, 0.29) is 22.7 Å². The van der Waals surface area contributed by atoms with Crippen LogP contribution in [0.15, 0.2) is 29.2 Å². The van der Waals surface area contributed by atoms with E-state index in [4.69, 9.17) is 16.3 Å². The van der Waals surface area contributed by atoms with Crippen molar-refractivity contribution in [2.75, 3.05) is 39.1 Å². The first-order valence-corrected chi connectivity index (χ1v) is 9.85. The Kier molecular flexibility index (Phi) is 8.63. The monoisotopic (exact) mass is 410 g/mol. The van der Waals surface area contributed by atoms with E-state index in [1.165, 1.54) is 24.3 Å². The third-order valence-corrected chi connectivity index (χ3v) is 6.15. The lowest BCUT2D eigenvalue weighted by Crippen LogP contribution is -2.48. The number of hydrogen-bond acceptors (Lipinski definition) is 5. The minimum Gasteiger partial charge on any atom is -0.384 e. The molecule has 0 unspecified atom stereocenters. The second-order valence-electron chi connectivity index (χ2n) is 6.17. The molecule has 0 saturated carbocycles. The van der Waals surface area contributed by atoms with Gasteiger partial charge in [0.05, 0.1) is 11.5 Å². The zero-order chi connectivity index (χ0) is 17.6. The summed E-state index contributed by atoms with van der Waals surface area (Å²) in [5.41, 5.74) is -0.139. The Morgan fingerprint density at radius 2 is 1.88 bits per heavy atom. The number of methoxy groups -OCH3 is 1. The van der Waals surface area contributed by atoms with Gasteiger partial charge in [-0.05, 0) is 50.2 Å². The van der Waals surface area contributed by atoms with E-state index >= 15 is 0 Å². The van der Waals surface area contributed by atoms with E-state index < -0.39 is 21.5 Å². The quantitative estimate of drug-likeness (QED) is 0.713. The zero-order valence-electron chi connectivity index (χ0n) is 14.1. The lowest BCUT2D eigenvalue weighted by molar-refractivity contribution is -0.119. The van der Waals surface area contributed by atoms with E-state index in [0.717, 1.165) is 25.9 Å². The Morgan fingerprint density at radius 3 is 2.44 bits per heavy atom. The number of halogens is 2. The molecular weight excluding hydrogens is 387 g/mol. The minimum absolute atomic E-state index is 0. The number of rotatable bonds is 7. The van der Waals surface area contributed by atoms with Gasteiger partial charge in [-0.3, -0.25) is 4.79 Å². The lowest BCUT2D eigenvalue weighted by Gasteiger charge is -2.37. The van der Waals surface area contributed by atoms with Crippen molar-refractivity contribution < 1.29 is 17.9 Å². The van der Waals surface area contributed by atoms with Crippen molar-refractivity contribution in [3.8, 4) is 0 Å². The van der Waals surface area contributed by atoms with Crippen LogP contribution in [0.4, 0.5) is 0 Å². The van der Waals surface area contributed by atoms with Gasteiger partial charge in [0.15, 0.2) is 9.84 Å². The third kappa shape index (κ3) is 6.42. The molecule has 0 atom stereocenters. The van der Waals surface area contributed by atoms with Crippen LogP contribution < -0.4 is 10.6 Å². The fraction of sp³-hybridized carbons (Fsp3) is 0.562. The van der Waals surface area contributed by atoms with E-state index in [1.807, 2.05) is 0 Å². The van der Waals surface area contributed by atoms with Crippen LogP contribution in [-0.4, -0.2) is 53.4 Å². The van der Waals surface area contributed by atoms with Crippen molar-refractivity contribution in [2.24, 2.45) is 5.41 Å². The molecule has 2 rings (SSSR count). The standard InChI is InChI=1S/C16H23ClN2O4S.ClH/c1-23-12-16(6-8-18-9-7-16)11-19-15(20)10-24(21,22)14-4-2-13(17)3-5-14;/h2-5,18H,6-12H2,1H3,(H,19,20);1H. The molecule has 0 aromatic heterocycles. The molecule has 0 aliphatic carbocycles. The molecule has 1 aromatic rings. The summed E-state index contributed by atoms with van der Waals surface area (Å²) in [6.07, 6.45) is 1.76. The Labute approximate surface area is 160 Å². The van der Waals surface area contributed by atoms with Gasteiger partial charge in [0.2, 0.25) is 5.91 Å². The molecule has 1 amide bonds. The molecule has 1 aromatic carbocycles. The Balaban J connectivity index is 0.00000312. The van der Waals surface area contributed by atoms with Crippen LogP contribution in [-0.2, 0) is 19.4 Å². The molecule has 0 radical (unpaired) electrons. The van der Waals surface area contributed by atoms with Gasteiger partial charge in [0.1, 0.15) is 5.75 Å². The molecule has 25 heavy (non-hydrogen) atoms. The van der Waals surface area contributed by atoms with Crippen molar-refractivity contribution in [2.45, 2.75) is 17.7 Å². The molecule has 142 valence electrons. The van der Waals surface area contributed by atoms with Gasteiger partial charge in [-0.25, -0.2) is 8.42 Å². The summed E-state index contributed by atoms with van der Waals surface area (Å²) < 4.78 is 29.8. The maximum atomic E-state index is 12.3. The van der Waals surface area contributed by atoms with Gasteiger partial charge >= 0.3 is 0 Å². The summed E-state index contributed by atoms with van der Waals surface area (Å²) in [7, 11) is -2.04. The first kappa shape index (κ1) is 22.2. The van der Waals surface area contributed by atoms with Crippen LogP contribution in [0, 0.1) is 5.41 Å². The van der Waals surface area contributed by atoms with E-state index in [9.17, 15) is 13.2 Å². The number of benzene rings is 1. The number of piperidine rings is 1. The number of nitrogens with one attached hydrogen (secondary N) is 2. The topological polar surface area (TPSA) is 84.5 Å². The molecule has 1 saturated heterocycles. The highest BCUT2D eigenvalue weighted by atomic mass is 35.5. The molecule has 9 heteroatoms. The second-order valence-corrected chi connectivity index (χ2v) is 8.60. The molecule has 1 aliphatic heterocycles. The predicted octanol–water partition coefficient (Wildman–Crippen LogP) is 1.67. The summed E-state index contributed by atoms with van der Waals surface area (Å²) in [5.74, 6) is -1.07. The van der Waals surface area contributed by atoms with Crippen LogP contribution in [0.1, 0.15) is 12.8 Å². The first-order chi connectivity index (χ1) is 11.4. The number of hydrogen-bond donors (Lipinski definition) is 2. The van der Waals surface area contributed by atoms with Gasteiger partial charge in [-0.1, -0.05) is 11.6 Å². The third-order valence-electron chi connectivity index (χ3n) is 4.27. The van der Waals surface area contributed by atoms with E-state index in [1.54, 1.807) is 7.11 Å². The molecule has 1 heterocycles. The van der Waals surface area contributed by atoms with Crippen LogP contribution >= 0.6 is 24.0 Å². The van der Waals surface area contributed by atoms with Crippen molar-refractivity contribution in [1.82, 2.24) is 10.6 Å². The molecular formula is C16H24Cl2N2O4S.